The van der Waals surface area contributed by atoms with Gasteiger partial charge in [-0.1, -0.05) is 49.2 Å². The van der Waals surface area contributed by atoms with Crippen LogP contribution < -0.4 is 5.32 Å². The van der Waals surface area contributed by atoms with Crippen LogP contribution in [0.2, 0.25) is 0 Å². The molecule has 1 fully saturated rings. The van der Waals surface area contributed by atoms with Crippen LogP contribution in [0.1, 0.15) is 43.2 Å². The molecule has 11 heteroatoms. The molecule has 1 aliphatic rings. The number of urea groups is 1. The molecule has 2 aromatic carbocycles. The minimum Gasteiger partial charge on any atom is -0.337 e. The molecule has 1 atom stereocenters. The number of carbonyl (C=O) groups excluding carboxylic acids is 2. The van der Waals surface area contributed by atoms with Crippen LogP contribution in [0, 0.1) is 5.82 Å². The highest BCUT2D eigenvalue weighted by atomic mass is 19.4. The van der Waals surface area contributed by atoms with Crippen LogP contribution in [0.5, 0.6) is 0 Å². The van der Waals surface area contributed by atoms with Gasteiger partial charge >= 0.3 is 12.2 Å². The maximum absolute atomic E-state index is 13.4. The molecule has 3 amide bonds. The Kier molecular flexibility index (Phi) is 6.11. The summed E-state index contributed by atoms with van der Waals surface area (Å²) in [5.41, 5.74) is -1.43. The number of rotatable bonds is 7. The summed E-state index contributed by atoms with van der Waals surface area (Å²) in [5.74, 6) is -1.05. The lowest BCUT2D eigenvalue weighted by Gasteiger charge is -2.27. The van der Waals surface area contributed by atoms with Crippen molar-refractivity contribution in [3.8, 4) is 11.4 Å². The van der Waals surface area contributed by atoms with Gasteiger partial charge in [0.2, 0.25) is 11.7 Å². The summed E-state index contributed by atoms with van der Waals surface area (Å²) in [6.07, 6.45) is -2.75. The van der Waals surface area contributed by atoms with Gasteiger partial charge in [0.15, 0.2) is 0 Å². The van der Waals surface area contributed by atoms with Crippen molar-refractivity contribution in [2.24, 2.45) is 0 Å². The van der Waals surface area contributed by atoms with E-state index in [0.29, 0.717) is 18.4 Å². The fourth-order valence-electron chi connectivity index (χ4n) is 3.84. The third-order valence-electron chi connectivity index (χ3n) is 5.65. The minimum absolute atomic E-state index is 0.0200. The highest BCUT2D eigenvalue weighted by molar-refractivity contribution is 6.07. The van der Waals surface area contributed by atoms with Crippen molar-refractivity contribution >= 4 is 11.9 Å². The summed E-state index contributed by atoms with van der Waals surface area (Å²) in [6, 6.07) is 8.90. The van der Waals surface area contributed by atoms with Gasteiger partial charge in [-0.2, -0.15) is 18.2 Å². The van der Waals surface area contributed by atoms with Crippen molar-refractivity contribution < 1.29 is 31.7 Å². The summed E-state index contributed by atoms with van der Waals surface area (Å²) in [4.78, 5) is 31.2. The molecular weight excluding hydrogens is 456 g/mol. The molecule has 0 spiro atoms. The van der Waals surface area contributed by atoms with Crippen LogP contribution in [0.25, 0.3) is 11.4 Å². The molecule has 0 saturated carbocycles. The Labute approximate surface area is 191 Å². The normalized spacial score (nSPS) is 18.4. The number of imide groups is 1. The predicted octanol–water partition coefficient (Wildman–Crippen LogP) is 5.03. The minimum atomic E-state index is -4.47. The van der Waals surface area contributed by atoms with Crippen molar-refractivity contribution in [3.63, 3.8) is 0 Å². The molecule has 1 N–H and O–H groups in total. The highest BCUT2D eigenvalue weighted by Gasteiger charge is 2.52. The lowest BCUT2D eigenvalue weighted by atomic mass is 9.85. The number of benzene rings is 2. The number of carbonyl (C=O) groups is 2. The van der Waals surface area contributed by atoms with Crippen molar-refractivity contribution in [2.45, 2.75) is 44.4 Å². The molecule has 1 unspecified atom stereocenters. The quantitative estimate of drug-likeness (QED) is 0.382. The molecular formula is C23H20F4N4O3. The van der Waals surface area contributed by atoms with E-state index in [2.05, 4.69) is 15.5 Å². The Hall–Kier alpha value is -3.76. The second-order valence-corrected chi connectivity index (χ2v) is 7.92. The van der Waals surface area contributed by atoms with Gasteiger partial charge in [0, 0.05) is 5.56 Å². The highest BCUT2D eigenvalue weighted by Crippen LogP contribution is 2.35. The van der Waals surface area contributed by atoms with E-state index in [1.807, 2.05) is 6.92 Å². The molecule has 1 aliphatic heterocycles. The number of halogens is 4. The van der Waals surface area contributed by atoms with Crippen LogP contribution in [0.3, 0.4) is 0 Å². The first kappa shape index (κ1) is 23.4. The van der Waals surface area contributed by atoms with Gasteiger partial charge in [0.05, 0.1) is 5.56 Å². The molecule has 4 rings (SSSR count). The smallest absolute Gasteiger partial charge is 0.337 e. The first-order valence-corrected chi connectivity index (χ1v) is 10.5. The number of unbranched alkanes of at least 4 members (excludes halogenated alkanes) is 1. The maximum atomic E-state index is 13.4. The zero-order chi connectivity index (χ0) is 24.5. The summed E-state index contributed by atoms with van der Waals surface area (Å²) in [6.45, 7) is 1.62. The van der Waals surface area contributed by atoms with Gasteiger partial charge in [-0.25, -0.2) is 9.18 Å². The van der Waals surface area contributed by atoms with Gasteiger partial charge < -0.3 is 9.84 Å². The van der Waals surface area contributed by atoms with E-state index in [0.717, 1.165) is 23.5 Å². The van der Waals surface area contributed by atoms with Crippen LogP contribution >= 0.6 is 0 Å². The van der Waals surface area contributed by atoms with E-state index >= 15 is 0 Å². The summed E-state index contributed by atoms with van der Waals surface area (Å²) in [7, 11) is 0. The predicted molar refractivity (Wildman–Crippen MR) is 111 cm³/mol. The average molecular weight is 476 g/mol. The average Bonchev–Trinajstić information content (AvgIpc) is 3.37. The maximum Gasteiger partial charge on any atom is 0.416 e. The number of hydrogen-bond acceptors (Lipinski definition) is 5. The molecule has 1 saturated heterocycles. The van der Waals surface area contributed by atoms with E-state index in [9.17, 15) is 27.2 Å². The van der Waals surface area contributed by atoms with E-state index in [1.165, 1.54) is 36.4 Å². The molecule has 34 heavy (non-hydrogen) atoms. The van der Waals surface area contributed by atoms with Crippen molar-refractivity contribution in [3.05, 3.63) is 71.4 Å². The lowest BCUT2D eigenvalue weighted by molar-refractivity contribution is -0.137. The Balaban J connectivity index is 1.56. The number of nitrogens with one attached hydrogen (secondary N) is 1. The molecule has 0 bridgehead atoms. The molecule has 7 nitrogen and oxygen atoms in total. The first-order chi connectivity index (χ1) is 16.1. The van der Waals surface area contributed by atoms with Crippen molar-refractivity contribution in [1.82, 2.24) is 20.4 Å². The van der Waals surface area contributed by atoms with Gasteiger partial charge in [0.25, 0.3) is 5.91 Å². The number of alkyl halides is 3. The zero-order valence-electron chi connectivity index (χ0n) is 18.0. The summed E-state index contributed by atoms with van der Waals surface area (Å²) in [5, 5.41) is 6.48. The SMILES string of the molecule is CCCCC1(c2ccc(F)cc2)NC(=O)N(Cc2nc(-c3ccc(C(F)(F)F)cc3)no2)C1=O. The fourth-order valence-corrected chi connectivity index (χ4v) is 3.84. The van der Waals surface area contributed by atoms with Crippen LogP contribution in [-0.2, 0) is 23.1 Å². The third kappa shape index (κ3) is 4.37. The molecule has 2 heterocycles. The van der Waals surface area contributed by atoms with Gasteiger partial charge in [-0.05, 0) is 36.2 Å². The van der Waals surface area contributed by atoms with Gasteiger partial charge in [-0.15, -0.1) is 0 Å². The number of nitrogens with zero attached hydrogens (tertiary/aromatic N) is 3. The molecule has 178 valence electrons. The number of hydrogen-bond donors (Lipinski definition) is 1. The molecule has 1 aromatic heterocycles. The molecule has 0 aliphatic carbocycles. The van der Waals surface area contributed by atoms with Crippen molar-refractivity contribution in [2.75, 3.05) is 0 Å². The Morgan fingerprint density at radius 3 is 2.35 bits per heavy atom. The van der Waals surface area contributed by atoms with E-state index < -0.39 is 35.0 Å². The van der Waals surface area contributed by atoms with Crippen LogP contribution in [0.4, 0.5) is 22.4 Å². The number of aromatic nitrogens is 2. The monoisotopic (exact) mass is 476 g/mol. The van der Waals surface area contributed by atoms with E-state index in [1.54, 1.807) is 0 Å². The Morgan fingerprint density at radius 1 is 1.06 bits per heavy atom. The van der Waals surface area contributed by atoms with Gasteiger partial charge in [-0.3, -0.25) is 9.69 Å². The second kappa shape index (κ2) is 8.88. The lowest BCUT2D eigenvalue weighted by Crippen LogP contribution is -2.44. The topological polar surface area (TPSA) is 88.3 Å². The van der Waals surface area contributed by atoms with Crippen LogP contribution in [0.15, 0.2) is 53.1 Å². The zero-order valence-corrected chi connectivity index (χ0v) is 18.0. The van der Waals surface area contributed by atoms with Crippen molar-refractivity contribution in [1.29, 1.82) is 0 Å². The fraction of sp³-hybridized carbons (Fsp3) is 0.304. The van der Waals surface area contributed by atoms with E-state index in [4.69, 9.17) is 4.52 Å². The van der Waals surface area contributed by atoms with E-state index in [-0.39, 0.29) is 23.8 Å². The number of amides is 3. The Bertz CT molecular complexity index is 1190. The van der Waals surface area contributed by atoms with Gasteiger partial charge in [0.1, 0.15) is 17.9 Å². The largest absolute Gasteiger partial charge is 0.416 e. The second-order valence-electron chi connectivity index (χ2n) is 7.92. The molecule has 3 aromatic rings. The summed E-state index contributed by atoms with van der Waals surface area (Å²) >= 11 is 0. The Morgan fingerprint density at radius 2 is 1.74 bits per heavy atom. The first-order valence-electron chi connectivity index (χ1n) is 10.5. The standard InChI is InChI=1S/C23H20F4N4O3/c1-2-3-12-22(15-8-10-17(24)11-9-15)20(32)31(21(33)29-22)13-18-28-19(30-34-18)14-4-6-16(7-5-14)23(25,26)27/h4-11H,2-3,12-13H2,1H3,(H,29,33). The van der Waals surface area contributed by atoms with Crippen LogP contribution in [-0.4, -0.2) is 27.0 Å². The molecule has 0 radical (unpaired) electrons. The third-order valence-corrected chi connectivity index (χ3v) is 5.65. The summed E-state index contributed by atoms with van der Waals surface area (Å²) < 4.78 is 56.9.